The predicted molar refractivity (Wildman–Crippen MR) is 86.1 cm³/mol. The minimum atomic E-state index is 0.767. The van der Waals surface area contributed by atoms with E-state index in [4.69, 9.17) is 5.73 Å². The number of rotatable bonds is 6. The molecule has 0 spiro atoms. The first-order valence-corrected chi connectivity index (χ1v) is 7.17. The fraction of sp³-hybridized carbons (Fsp3) is 0.250. The van der Waals surface area contributed by atoms with Crippen molar-refractivity contribution in [3.05, 3.63) is 49.2 Å². The number of nitrogens with two attached hydrogens (primary N) is 1. The molecule has 108 valence electrons. The van der Waals surface area contributed by atoms with E-state index in [0.717, 1.165) is 48.2 Å². The van der Waals surface area contributed by atoms with E-state index < -0.39 is 0 Å². The number of hydrogen-bond donors (Lipinski definition) is 2. The van der Waals surface area contributed by atoms with Gasteiger partial charge in [-0.2, -0.15) is 0 Å². The van der Waals surface area contributed by atoms with E-state index in [9.17, 15) is 0 Å². The number of hydrogen-bond acceptors (Lipinski definition) is 4. The first-order valence-electron chi connectivity index (χ1n) is 7.17. The van der Waals surface area contributed by atoms with Crippen LogP contribution in [0.5, 0.6) is 0 Å². The number of unbranched alkanes of at least 4 members (excludes halogenated alkanes) is 1. The van der Waals surface area contributed by atoms with Crippen molar-refractivity contribution in [2.75, 3.05) is 17.6 Å². The number of nitrogens with one attached hydrogen (secondary N) is 1. The second-order valence-corrected chi connectivity index (χ2v) is 5.04. The van der Waals surface area contributed by atoms with Crippen molar-refractivity contribution in [2.45, 2.75) is 19.4 Å². The molecule has 5 heteroatoms. The topological polar surface area (TPSA) is 68.8 Å². The molecule has 3 aromatic rings. The van der Waals surface area contributed by atoms with Gasteiger partial charge in [0.15, 0.2) is 0 Å². The van der Waals surface area contributed by atoms with Crippen LogP contribution in [0, 0.1) is 0 Å². The van der Waals surface area contributed by atoms with Gasteiger partial charge in [0.25, 0.3) is 0 Å². The van der Waals surface area contributed by atoms with E-state index in [1.165, 1.54) is 0 Å². The van der Waals surface area contributed by atoms with Crippen LogP contribution in [0.15, 0.2) is 49.2 Å². The molecule has 0 aliphatic carbocycles. The number of nitrogens with zero attached hydrogens (tertiary/aromatic N) is 3. The number of fused-ring (bicyclic) bond motifs is 1. The van der Waals surface area contributed by atoms with E-state index in [-0.39, 0.29) is 0 Å². The molecular formula is C16H19N5. The lowest BCUT2D eigenvalue weighted by Gasteiger charge is -2.10. The smallest absolute Gasteiger partial charge is 0.0953 e. The predicted octanol–water partition coefficient (Wildman–Crippen LogP) is 2.91. The number of aromatic nitrogens is 3. The van der Waals surface area contributed by atoms with Gasteiger partial charge in [0, 0.05) is 42.8 Å². The SMILES string of the molecule is Nc1ccc(NCCCCn2ccnc2)c2ncccc12. The summed E-state index contributed by atoms with van der Waals surface area (Å²) in [5.41, 5.74) is 8.73. The Kier molecular flexibility index (Phi) is 4.00. The Morgan fingerprint density at radius 2 is 2.10 bits per heavy atom. The summed E-state index contributed by atoms with van der Waals surface area (Å²) in [6.07, 6.45) is 9.66. The summed E-state index contributed by atoms with van der Waals surface area (Å²) in [4.78, 5) is 8.46. The Bertz CT molecular complexity index is 706. The maximum atomic E-state index is 5.98. The van der Waals surface area contributed by atoms with E-state index >= 15 is 0 Å². The lowest BCUT2D eigenvalue weighted by atomic mass is 10.1. The third kappa shape index (κ3) is 3.13. The fourth-order valence-corrected chi connectivity index (χ4v) is 2.40. The lowest BCUT2D eigenvalue weighted by Crippen LogP contribution is -2.05. The van der Waals surface area contributed by atoms with Gasteiger partial charge in [-0.25, -0.2) is 4.98 Å². The fourth-order valence-electron chi connectivity index (χ4n) is 2.40. The van der Waals surface area contributed by atoms with Crippen molar-refractivity contribution >= 4 is 22.3 Å². The zero-order chi connectivity index (χ0) is 14.5. The molecule has 3 N–H and O–H groups in total. The summed E-state index contributed by atoms with van der Waals surface area (Å²) in [7, 11) is 0. The zero-order valence-corrected chi connectivity index (χ0v) is 11.9. The van der Waals surface area contributed by atoms with Crippen molar-refractivity contribution in [1.29, 1.82) is 0 Å². The highest BCUT2D eigenvalue weighted by atomic mass is 15.0. The Hall–Kier alpha value is -2.56. The molecule has 1 aromatic carbocycles. The van der Waals surface area contributed by atoms with E-state index in [1.807, 2.05) is 43.0 Å². The first kappa shape index (κ1) is 13.4. The average molecular weight is 281 g/mol. The van der Waals surface area contributed by atoms with Crippen molar-refractivity contribution in [1.82, 2.24) is 14.5 Å². The normalized spacial score (nSPS) is 10.9. The standard InChI is InChI=1S/C16H19N5/c17-14-5-6-15(16-13(14)4-3-8-20-16)19-7-1-2-10-21-11-9-18-12-21/h3-6,8-9,11-12,19H,1-2,7,10,17H2. The summed E-state index contributed by atoms with van der Waals surface area (Å²) in [5.74, 6) is 0. The van der Waals surface area contributed by atoms with Gasteiger partial charge in [0.2, 0.25) is 0 Å². The third-order valence-corrected chi connectivity index (χ3v) is 3.52. The maximum absolute atomic E-state index is 5.98. The van der Waals surface area contributed by atoms with E-state index in [2.05, 4.69) is 19.9 Å². The molecule has 21 heavy (non-hydrogen) atoms. The highest BCUT2D eigenvalue weighted by molar-refractivity contribution is 5.98. The van der Waals surface area contributed by atoms with E-state index in [1.54, 1.807) is 6.20 Å². The summed E-state index contributed by atoms with van der Waals surface area (Å²) in [6, 6.07) is 7.84. The molecule has 2 heterocycles. The highest BCUT2D eigenvalue weighted by Crippen LogP contribution is 2.26. The molecule has 0 bridgehead atoms. The van der Waals surface area contributed by atoms with Crippen LogP contribution in [-0.2, 0) is 6.54 Å². The zero-order valence-electron chi connectivity index (χ0n) is 11.9. The molecule has 2 aromatic heterocycles. The lowest BCUT2D eigenvalue weighted by molar-refractivity contribution is 0.621. The van der Waals surface area contributed by atoms with Crippen LogP contribution >= 0.6 is 0 Å². The number of aryl methyl sites for hydroxylation is 1. The van der Waals surface area contributed by atoms with Gasteiger partial charge in [0.1, 0.15) is 0 Å². The van der Waals surface area contributed by atoms with Gasteiger partial charge >= 0.3 is 0 Å². The van der Waals surface area contributed by atoms with Crippen LogP contribution < -0.4 is 11.1 Å². The summed E-state index contributed by atoms with van der Waals surface area (Å²) in [6.45, 7) is 1.92. The van der Waals surface area contributed by atoms with Crippen LogP contribution in [0.25, 0.3) is 10.9 Å². The summed E-state index contributed by atoms with van der Waals surface area (Å²) < 4.78 is 2.10. The third-order valence-electron chi connectivity index (χ3n) is 3.52. The van der Waals surface area contributed by atoms with Crippen LogP contribution in [-0.4, -0.2) is 21.1 Å². The molecule has 5 nitrogen and oxygen atoms in total. The minimum absolute atomic E-state index is 0.767. The van der Waals surface area contributed by atoms with Crippen molar-refractivity contribution in [2.24, 2.45) is 0 Å². The Labute approximate surface area is 123 Å². The van der Waals surface area contributed by atoms with Gasteiger partial charge in [-0.05, 0) is 37.1 Å². The number of pyridine rings is 1. The number of nitrogen functional groups attached to an aromatic ring is 1. The van der Waals surface area contributed by atoms with Crippen LogP contribution in [0.4, 0.5) is 11.4 Å². The molecule has 0 radical (unpaired) electrons. The molecule has 0 fully saturated rings. The molecule has 0 saturated carbocycles. The number of imidazole rings is 1. The highest BCUT2D eigenvalue weighted by Gasteiger charge is 2.04. The van der Waals surface area contributed by atoms with Gasteiger partial charge in [-0.3, -0.25) is 4.98 Å². The van der Waals surface area contributed by atoms with Gasteiger partial charge in [0.05, 0.1) is 17.5 Å². The molecule has 0 unspecified atom stereocenters. The molecule has 3 rings (SSSR count). The summed E-state index contributed by atoms with van der Waals surface area (Å²) >= 11 is 0. The maximum Gasteiger partial charge on any atom is 0.0953 e. The molecule has 0 saturated heterocycles. The molecule has 0 aliphatic rings. The largest absolute Gasteiger partial charge is 0.398 e. The molecule has 0 atom stereocenters. The van der Waals surface area contributed by atoms with Crippen LogP contribution in [0.1, 0.15) is 12.8 Å². The monoisotopic (exact) mass is 281 g/mol. The minimum Gasteiger partial charge on any atom is -0.398 e. The van der Waals surface area contributed by atoms with Crippen molar-refractivity contribution in [3.8, 4) is 0 Å². The first-order chi connectivity index (χ1) is 10.3. The second-order valence-electron chi connectivity index (χ2n) is 5.04. The number of benzene rings is 1. The molecule has 0 amide bonds. The Morgan fingerprint density at radius 1 is 1.14 bits per heavy atom. The van der Waals surface area contributed by atoms with Gasteiger partial charge < -0.3 is 15.6 Å². The molecule has 0 aliphatic heterocycles. The van der Waals surface area contributed by atoms with Gasteiger partial charge in [-0.1, -0.05) is 0 Å². The Balaban J connectivity index is 1.57. The quantitative estimate of drug-likeness (QED) is 0.538. The average Bonchev–Trinajstić information content (AvgIpc) is 3.03. The van der Waals surface area contributed by atoms with Crippen LogP contribution in [0.2, 0.25) is 0 Å². The van der Waals surface area contributed by atoms with Gasteiger partial charge in [-0.15, -0.1) is 0 Å². The van der Waals surface area contributed by atoms with E-state index in [0.29, 0.717) is 0 Å². The van der Waals surface area contributed by atoms with Crippen LogP contribution in [0.3, 0.4) is 0 Å². The van der Waals surface area contributed by atoms with Crippen molar-refractivity contribution in [3.63, 3.8) is 0 Å². The summed E-state index contributed by atoms with van der Waals surface area (Å²) in [5, 5.41) is 4.45. The second kappa shape index (κ2) is 6.26. The van der Waals surface area contributed by atoms with Crippen molar-refractivity contribution < 1.29 is 0 Å². The Morgan fingerprint density at radius 3 is 2.95 bits per heavy atom. The number of anilines is 2. The molecular weight excluding hydrogens is 262 g/mol.